The van der Waals surface area contributed by atoms with Crippen molar-refractivity contribution in [2.75, 3.05) is 0 Å². The van der Waals surface area contributed by atoms with Crippen molar-refractivity contribution in [3.05, 3.63) is 59.7 Å². The largest absolute Gasteiger partial charge is 0.388 e. The summed E-state index contributed by atoms with van der Waals surface area (Å²) in [5.41, 5.74) is 5.06. The molecule has 0 aromatic heterocycles. The molecule has 1 aliphatic carbocycles. The van der Waals surface area contributed by atoms with E-state index in [2.05, 4.69) is 56.3 Å². The molecule has 0 heterocycles. The summed E-state index contributed by atoms with van der Waals surface area (Å²) < 4.78 is 0. The molecule has 3 rings (SSSR count). The van der Waals surface area contributed by atoms with Crippen LogP contribution >= 0.6 is 0 Å². The monoisotopic (exact) mass is 266 g/mol. The van der Waals surface area contributed by atoms with E-state index in [1.807, 2.05) is 6.07 Å². The predicted molar refractivity (Wildman–Crippen MR) is 83.6 cm³/mol. The minimum Gasteiger partial charge on any atom is -0.388 e. The molecule has 2 aromatic carbocycles. The van der Waals surface area contributed by atoms with Gasteiger partial charge in [0.2, 0.25) is 0 Å². The summed E-state index contributed by atoms with van der Waals surface area (Å²) >= 11 is 0. The van der Waals surface area contributed by atoms with Gasteiger partial charge in [-0.1, -0.05) is 56.3 Å². The molecule has 1 aliphatic rings. The first-order valence-corrected chi connectivity index (χ1v) is 7.41. The highest BCUT2D eigenvalue weighted by Gasteiger charge is 2.28. The van der Waals surface area contributed by atoms with Gasteiger partial charge >= 0.3 is 0 Å². The van der Waals surface area contributed by atoms with Crippen molar-refractivity contribution in [1.82, 2.24) is 0 Å². The highest BCUT2D eigenvalue weighted by atomic mass is 16.3. The van der Waals surface area contributed by atoms with E-state index in [4.69, 9.17) is 0 Å². The molecule has 1 unspecified atom stereocenters. The number of rotatable bonds is 1. The standard InChI is InChI=1S/C19H22O/c1-19(2)11-10-15-8-9-16(12-17(15)18(20)13-19)14-6-4-3-5-7-14/h3-9,12,18,20H,10-11,13H2,1-2H3. The van der Waals surface area contributed by atoms with Crippen LogP contribution in [0.2, 0.25) is 0 Å². The average Bonchev–Trinajstić information content (AvgIpc) is 2.56. The van der Waals surface area contributed by atoms with Gasteiger partial charge in [-0.2, -0.15) is 0 Å². The van der Waals surface area contributed by atoms with Gasteiger partial charge < -0.3 is 5.11 Å². The van der Waals surface area contributed by atoms with Crippen LogP contribution in [-0.4, -0.2) is 5.11 Å². The minimum absolute atomic E-state index is 0.214. The van der Waals surface area contributed by atoms with E-state index in [-0.39, 0.29) is 11.5 Å². The highest BCUT2D eigenvalue weighted by Crippen LogP contribution is 2.40. The second kappa shape index (κ2) is 5.06. The Labute approximate surface area is 121 Å². The summed E-state index contributed by atoms with van der Waals surface area (Å²) in [6.45, 7) is 4.50. The zero-order chi connectivity index (χ0) is 14.2. The lowest BCUT2D eigenvalue weighted by Gasteiger charge is -2.24. The average molecular weight is 266 g/mol. The van der Waals surface area contributed by atoms with Gasteiger partial charge in [0.05, 0.1) is 6.10 Å². The Morgan fingerprint density at radius 1 is 1.00 bits per heavy atom. The summed E-state index contributed by atoms with van der Waals surface area (Å²) in [6, 6.07) is 16.9. The van der Waals surface area contributed by atoms with Crippen molar-refractivity contribution in [2.24, 2.45) is 5.41 Å². The zero-order valence-corrected chi connectivity index (χ0v) is 12.3. The lowest BCUT2D eigenvalue weighted by molar-refractivity contribution is 0.116. The Kier molecular flexibility index (Phi) is 3.39. The van der Waals surface area contributed by atoms with Gasteiger partial charge in [-0.25, -0.2) is 0 Å². The summed E-state index contributed by atoms with van der Waals surface area (Å²) in [5, 5.41) is 10.5. The van der Waals surface area contributed by atoms with Gasteiger partial charge in [0, 0.05) is 0 Å². The first-order valence-electron chi connectivity index (χ1n) is 7.41. The number of aliphatic hydroxyl groups is 1. The lowest BCUT2D eigenvalue weighted by Crippen LogP contribution is -2.13. The fourth-order valence-electron chi connectivity index (χ4n) is 3.15. The molecule has 0 fully saturated rings. The first-order chi connectivity index (χ1) is 9.55. The molecule has 1 atom stereocenters. The molecule has 0 saturated carbocycles. The molecule has 1 heteroatoms. The van der Waals surface area contributed by atoms with Crippen LogP contribution in [-0.2, 0) is 6.42 Å². The van der Waals surface area contributed by atoms with Gasteiger partial charge in [-0.15, -0.1) is 0 Å². The number of hydrogen-bond donors (Lipinski definition) is 1. The zero-order valence-electron chi connectivity index (χ0n) is 12.3. The Morgan fingerprint density at radius 2 is 1.75 bits per heavy atom. The highest BCUT2D eigenvalue weighted by molar-refractivity contribution is 5.65. The summed E-state index contributed by atoms with van der Waals surface area (Å²) in [5.74, 6) is 0. The van der Waals surface area contributed by atoms with Crippen LogP contribution in [0, 0.1) is 5.41 Å². The van der Waals surface area contributed by atoms with E-state index in [9.17, 15) is 5.11 Å². The van der Waals surface area contributed by atoms with Gasteiger partial charge in [0.1, 0.15) is 0 Å². The minimum atomic E-state index is -0.342. The molecule has 104 valence electrons. The molecular formula is C19H22O. The van der Waals surface area contributed by atoms with Crippen molar-refractivity contribution < 1.29 is 5.11 Å². The molecule has 0 bridgehead atoms. The van der Waals surface area contributed by atoms with Crippen LogP contribution in [0.15, 0.2) is 48.5 Å². The molecule has 0 radical (unpaired) electrons. The number of hydrogen-bond acceptors (Lipinski definition) is 1. The van der Waals surface area contributed by atoms with E-state index in [1.54, 1.807) is 0 Å². The number of aliphatic hydroxyl groups excluding tert-OH is 1. The second-order valence-electron chi connectivity index (χ2n) is 6.66. The van der Waals surface area contributed by atoms with E-state index in [0.29, 0.717) is 0 Å². The van der Waals surface area contributed by atoms with Crippen LogP contribution in [0.5, 0.6) is 0 Å². The Hall–Kier alpha value is -1.60. The lowest BCUT2D eigenvalue weighted by atomic mass is 9.84. The smallest absolute Gasteiger partial charge is 0.0798 e. The fraction of sp³-hybridized carbons (Fsp3) is 0.368. The molecule has 2 aromatic rings. The van der Waals surface area contributed by atoms with Gasteiger partial charge in [0.15, 0.2) is 0 Å². The van der Waals surface area contributed by atoms with E-state index in [1.165, 1.54) is 16.7 Å². The first kappa shape index (κ1) is 13.4. The number of fused-ring (bicyclic) bond motifs is 1. The Bertz CT molecular complexity index is 598. The molecule has 0 amide bonds. The molecular weight excluding hydrogens is 244 g/mol. The molecule has 1 nitrogen and oxygen atoms in total. The van der Waals surface area contributed by atoms with Crippen LogP contribution in [0.1, 0.15) is 43.9 Å². The number of aryl methyl sites for hydroxylation is 1. The fourth-order valence-corrected chi connectivity index (χ4v) is 3.15. The summed E-state index contributed by atoms with van der Waals surface area (Å²) in [4.78, 5) is 0. The molecule has 0 spiro atoms. The molecule has 0 saturated heterocycles. The van der Waals surface area contributed by atoms with Crippen molar-refractivity contribution in [1.29, 1.82) is 0 Å². The van der Waals surface area contributed by atoms with Gasteiger partial charge in [-0.05, 0) is 53.0 Å². The third kappa shape index (κ3) is 2.64. The van der Waals surface area contributed by atoms with Crippen LogP contribution < -0.4 is 0 Å². The Balaban J connectivity index is 2.01. The SMILES string of the molecule is CC1(C)CCc2ccc(-c3ccccc3)cc2C(O)C1. The van der Waals surface area contributed by atoms with Gasteiger partial charge in [-0.3, -0.25) is 0 Å². The van der Waals surface area contributed by atoms with E-state index >= 15 is 0 Å². The third-order valence-corrected chi connectivity index (χ3v) is 4.43. The molecule has 20 heavy (non-hydrogen) atoms. The maximum absolute atomic E-state index is 10.5. The molecule has 0 aliphatic heterocycles. The van der Waals surface area contributed by atoms with Crippen molar-refractivity contribution >= 4 is 0 Å². The van der Waals surface area contributed by atoms with Crippen LogP contribution in [0.25, 0.3) is 11.1 Å². The summed E-state index contributed by atoms with van der Waals surface area (Å²) in [7, 11) is 0. The van der Waals surface area contributed by atoms with Crippen LogP contribution in [0.3, 0.4) is 0 Å². The predicted octanol–water partition coefficient (Wildman–Crippen LogP) is 4.75. The van der Waals surface area contributed by atoms with E-state index in [0.717, 1.165) is 24.8 Å². The maximum Gasteiger partial charge on any atom is 0.0798 e. The number of benzene rings is 2. The molecule has 1 N–H and O–H groups in total. The topological polar surface area (TPSA) is 20.2 Å². The van der Waals surface area contributed by atoms with Crippen molar-refractivity contribution in [3.63, 3.8) is 0 Å². The van der Waals surface area contributed by atoms with Crippen molar-refractivity contribution in [2.45, 2.75) is 39.2 Å². The third-order valence-electron chi connectivity index (χ3n) is 4.43. The van der Waals surface area contributed by atoms with Crippen molar-refractivity contribution in [3.8, 4) is 11.1 Å². The quantitative estimate of drug-likeness (QED) is 0.738. The second-order valence-corrected chi connectivity index (χ2v) is 6.66. The van der Waals surface area contributed by atoms with Crippen LogP contribution in [0.4, 0.5) is 0 Å². The Morgan fingerprint density at radius 3 is 2.50 bits per heavy atom. The summed E-state index contributed by atoms with van der Waals surface area (Å²) in [6.07, 6.45) is 2.71. The van der Waals surface area contributed by atoms with E-state index < -0.39 is 0 Å². The van der Waals surface area contributed by atoms with Gasteiger partial charge in [0.25, 0.3) is 0 Å². The normalized spacial score (nSPS) is 21.1. The maximum atomic E-state index is 10.5.